The van der Waals surface area contributed by atoms with Crippen molar-refractivity contribution >= 4 is 46.3 Å². The molecule has 438 valence electrons. The summed E-state index contributed by atoms with van der Waals surface area (Å²) < 4.78 is 0. The number of benzene rings is 2. The molecule has 8 atom stereocenters. The molecular formula is C60H74N8O14. The molecule has 2 aromatic rings. The summed E-state index contributed by atoms with van der Waals surface area (Å²) in [4.78, 5) is 104. The number of rotatable bonds is 12. The van der Waals surface area contributed by atoms with Crippen molar-refractivity contribution in [2.24, 2.45) is 46.0 Å². The predicted octanol–water partition coefficient (Wildman–Crippen LogP) is 2.49. The Bertz CT molecular complexity index is 3380. The number of hydroxylamine groups is 2. The number of primary amides is 2. The highest BCUT2D eigenvalue weighted by molar-refractivity contribution is 6.26. The number of likely N-dealkylation sites (tertiary alicyclic amines) is 2. The molecule has 2 aliphatic heterocycles. The van der Waals surface area contributed by atoms with Crippen molar-refractivity contribution in [3.8, 4) is 11.5 Å². The van der Waals surface area contributed by atoms with Gasteiger partial charge in [0.05, 0.1) is 17.2 Å². The minimum atomic E-state index is -3.20. The molecule has 0 unspecified atom stereocenters. The maximum Gasteiger partial charge on any atom is 0.255 e. The molecule has 8 aliphatic carbocycles. The highest BCUT2D eigenvalue weighted by Gasteiger charge is 2.67. The summed E-state index contributed by atoms with van der Waals surface area (Å²) in [5.74, 6) is -17.1. The SMILES string of the molecule is CN(C)c1cc(CN2CCC3(CC2)CC3)c(O)c2c1C[C@H]1C[C@H]3[C@H](N(C)C)C(O)=C(C(N)=O)C(=O)[C@@]3(O)C(ON(C)[C@@H]3C(O)=C(C(N)=O)C(=O)[C@@]4(O)C(O)=C5C(=O)c6c(O)c(CN7CCC8(CC8)C7)cc(N(C)C)c6C[C@H]5C[C@@H]34)=C1C2=O. The molecule has 2 aromatic carbocycles. The molecule has 22 heteroatoms. The van der Waals surface area contributed by atoms with Crippen LogP contribution in [0.1, 0.15) is 101 Å². The number of ketones is 4. The van der Waals surface area contributed by atoms with E-state index < -0.39 is 122 Å². The lowest BCUT2D eigenvalue weighted by atomic mass is 9.58. The van der Waals surface area contributed by atoms with Crippen LogP contribution in [0.15, 0.2) is 57.5 Å². The van der Waals surface area contributed by atoms with Gasteiger partial charge in [-0.1, -0.05) is 0 Å². The number of fused-ring (bicyclic) bond motifs is 6. The molecule has 0 aromatic heterocycles. The van der Waals surface area contributed by atoms with Gasteiger partial charge in [-0.25, -0.2) is 0 Å². The molecule has 22 nitrogen and oxygen atoms in total. The van der Waals surface area contributed by atoms with Crippen molar-refractivity contribution in [2.45, 2.75) is 107 Å². The number of phenolic OH excluding ortho intramolecular Hbond substituents is 2. The number of aliphatic hydroxyl groups excluding tert-OH is 3. The Morgan fingerprint density at radius 3 is 1.52 bits per heavy atom. The van der Waals surface area contributed by atoms with Gasteiger partial charge in [0.25, 0.3) is 11.8 Å². The summed E-state index contributed by atoms with van der Waals surface area (Å²) in [7, 11) is 11.4. The number of piperidine rings is 1. The third-order valence-corrected chi connectivity index (χ3v) is 20.7. The van der Waals surface area contributed by atoms with Crippen molar-refractivity contribution in [3.05, 3.63) is 90.8 Å². The van der Waals surface area contributed by atoms with Crippen LogP contribution in [0.2, 0.25) is 0 Å². The molecule has 2 saturated carbocycles. The largest absolute Gasteiger partial charge is 0.510 e. The molecule has 2 spiro atoms. The second kappa shape index (κ2) is 18.8. The molecule has 2 heterocycles. The van der Waals surface area contributed by atoms with Gasteiger partial charge in [0.2, 0.25) is 11.6 Å². The number of Topliss-reactive ketones (excluding diaryl/α,β-unsaturated/α-hetero) is 4. The lowest BCUT2D eigenvalue weighted by Gasteiger charge is -2.53. The number of allylic oxidation sites excluding steroid dienone is 2. The lowest BCUT2D eigenvalue weighted by Crippen LogP contribution is -2.66. The number of anilines is 2. The number of carbonyl (C=O) groups is 6. The Morgan fingerprint density at radius 1 is 0.610 bits per heavy atom. The van der Waals surface area contributed by atoms with Crippen LogP contribution in [-0.2, 0) is 49.9 Å². The van der Waals surface area contributed by atoms with Crippen LogP contribution in [0.3, 0.4) is 0 Å². The zero-order valence-corrected chi connectivity index (χ0v) is 47.5. The lowest BCUT2D eigenvalue weighted by molar-refractivity contribution is -0.207. The number of likely N-dealkylation sites (N-methyl/N-ethyl adjacent to an activating group) is 2. The zero-order valence-electron chi connectivity index (χ0n) is 47.5. The molecule has 0 bridgehead atoms. The fourth-order valence-electron chi connectivity index (χ4n) is 16.0. The fraction of sp³-hybridized carbons (Fsp3) is 0.567. The van der Waals surface area contributed by atoms with E-state index in [1.165, 1.54) is 38.9 Å². The van der Waals surface area contributed by atoms with Crippen LogP contribution < -0.4 is 21.3 Å². The van der Waals surface area contributed by atoms with Crippen LogP contribution in [-0.4, -0.2) is 189 Å². The summed E-state index contributed by atoms with van der Waals surface area (Å²) in [6, 6.07) is 0.451. The van der Waals surface area contributed by atoms with Crippen LogP contribution in [0.25, 0.3) is 0 Å². The van der Waals surface area contributed by atoms with Gasteiger partial charge in [0, 0.05) is 100 Å². The summed E-state index contributed by atoms with van der Waals surface area (Å²) >= 11 is 0. The van der Waals surface area contributed by atoms with E-state index in [0.29, 0.717) is 52.1 Å². The Hall–Kier alpha value is -6.82. The standard InChI is InChI=1S/C60H74N8O14/c1-63(2)35-22-29(24-67-15-12-57(8-9-57)13-16-67)45(69)40-32(35)19-28-21-33-43(65(5)6)49(73)41(55(61)78)53(77)60(33,81)54(38(28)48(40)72)82-66(7)44-34-20-27-18-31-36(64(3)4)23-30(25-68-17-14-58(26-68)10-11-58)46(70)39(31)47(71)37(27)51(75)59(34,80)52(76)42(50(44)74)56(62)79/h22-23,27-28,33-34,43-44,69-70,73-75,80-81H,8-21,24-26H2,1-7H3,(H2,61,78)(H2,62,79)/t27-,28-,33-,34-,43-,44-,59-,60+/m0/s1. The molecular weight excluding hydrogens is 1060 g/mol. The number of nitrogens with zero attached hydrogens (tertiary/aromatic N) is 6. The minimum Gasteiger partial charge on any atom is -0.510 e. The number of hydrogen-bond acceptors (Lipinski definition) is 20. The average molecular weight is 1130 g/mol. The Balaban J connectivity index is 0.988. The minimum absolute atomic E-state index is 0.0233. The highest BCUT2D eigenvalue weighted by atomic mass is 16.7. The van der Waals surface area contributed by atoms with Gasteiger partial charge in [0.15, 0.2) is 28.5 Å². The Labute approximate surface area is 474 Å². The number of phenols is 2. The van der Waals surface area contributed by atoms with Gasteiger partial charge in [-0.15, -0.1) is 5.06 Å². The van der Waals surface area contributed by atoms with Crippen molar-refractivity contribution in [2.75, 3.05) is 85.3 Å². The third-order valence-electron chi connectivity index (χ3n) is 20.7. The number of carbonyl (C=O) groups excluding carboxylic acids is 6. The number of hydrogen-bond donors (Lipinski definition) is 9. The van der Waals surface area contributed by atoms with Crippen LogP contribution in [0, 0.1) is 34.5 Å². The molecule has 2 amide bonds. The normalized spacial score (nSPS) is 30.9. The van der Waals surface area contributed by atoms with Crippen molar-refractivity contribution in [3.63, 3.8) is 0 Å². The van der Waals surface area contributed by atoms with Crippen molar-refractivity contribution < 1.29 is 69.4 Å². The summed E-state index contributed by atoms with van der Waals surface area (Å²) in [6.45, 7) is 3.86. The van der Waals surface area contributed by atoms with E-state index in [0.717, 1.165) is 63.3 Å². The monoisotopic (exact) mass is 1130 g/mol. The first-order valence-corrected chi connectivity index (χ1v) is 28.5. The first-order valence-electron chi connectivity index (χ1n) is 28.5. The smallest absolute Gasteiger partial charge is 0.255 e. The van der Waals surface area contributed by atoms with Crippen LogP contribution >= 0.6 is 0 Å². The van der Waals surface area contributed by atoms with Gasteiger partial charge < -0.3 is 61.9 Å². The van der Waals surface area contributed by atoms with E-state index in [9.17, 15) is 50.1 Å². The molecule has 10 aliphatic rings. The maximum absolute atomic E-state index is 15.8. The number of aromatic hydroxyl groups is 2. The number of amides is 2. The Morgan fingerprint density at radius 2 is 1.05 bits per heavy atom. The van der Waals surface area contributed by atoms with Gasteiger partial charge in [-0.2, -0.15) is 0 Å². The fourth-order valence-corrected chi connectivity index (χ4v) is 16.0. The number of aliphatic hydroxyl groups is 5. The van der Waals surface area contributed by atoms with E-state index in [4.69, 9.17) is 16.3 Å². The van der Waals surface area contributed by atoms with Crippen LogP contribution in [0.4, 0.5) is 11.4 Å². The highest BCUT2D eigenvalue weighted by Crippen LogP contribution is 2.59. The molecule has 2 saturated heterocycles. The molecule has 11 N–H and O–H groups in total. The Kier molecular flexibility index (Phi) is 12.8. The van der Waals surface area contributed by atoms with Crippen molar-refractivity contribution in [1.29, 1.82) is 0 Å². The number of nitrogens with two attached hydrogens (primary N) is 2. The topological polar surface area (TPSA) is 325 Å². The van der Waals surface area contributed by atoms with E-state index in [2.05, 4.69) is 9.80 Å². The predicted molar refractivity (Wildman–Crippen MR) is 296 cm³/mol. The first-order chi connectivity index (χ1) is 38.6. The molecule has 82 heavy (non-hydrogen) atoms. The van der Waals surface area contributed by atoms with Gasteiger partial charge in [-0.05, 0) is 150 Å². The second-order valence-corrected chi connectivity index (χ2v) is 26.1. The third kappa shape index (κ3) is 8.01. The average Bonchev–Trinajstić information content (AvgIpc) is 2.18. The summed E-state index contributed by atoms with van der Waals surface area (Å²) in [6.07, 6.45) is 7.10. The maximum atomic E-state index is 15.8. The first kappa shape index (κ1) is 55.7. The summed E-state index contributed by atoms with van der Waals surface area (Å²) in [5.41, 5.74) is 5.97. The van der Waals surface area contributed by atoms with Gasteiger partial charge in [0.1, 0.15) is 46.0 Å². The molecule has 0 radical (unpaired) electrons. The molecule has 12 rings (SSSR count). The molecule has 4 fully saturated rings. The quantitative estimate of drug-likeness (QED) is 0.109. The van der Waals surface area contributed by atoms with E-state index in [1.807, 2.05) is 31.1 Å². The van der Waals surface area contributed by atoms with Crippen molar-refractivity contribution in [1.82, 2.24) is 19.8 Å². The van der Waals surface area contributed by atoms with Gasteiger partial charge in [-0.3, -0.25) is 43.5 Å². The van der Waals surface area contributed by atoms with E-state index in [1.54, 1.807) is 19.0 Å². The van der Waals surface area contributed by atoms with Crippen LogP contribution in [0.5, 0.6) is 11.5 Å². The van der Waals surface area contributed by atoms with E-state index >= 15 is 14.4 Å². The van der Waals surface area contributed by atoms with Gasteiger partial charge >= 0.3 is 0 Å². The van der Waals surface area contributed by atoms with E-state index in [-0.39, 0.29) is 59.3 Å². The zero-order chi connectivity index (χ0) is 58.9. The second-order valence-electron chi connectivity index (χ2n) is 26.1. The summed E-state index contributed by atoms with van der Waals surface area (Å²) in [5, 5.41) is 88.4.